The molecule has 0 aliphatic rings. The Hall–Kier alpha value is -2.83. The van der Waals surface area contributed by atoms with Gasteiger partial charge in [-0.2, -0.15) is 0 Å². The Morgan fingerprint density at radius 1 is 1.11 bits per heavy atom. The minimum absolute atomic E-state index is 0.0379. The topological polar surface area (TPSA) is 69.4 Å². The molecule has 0 heterocycles. The highest BCUT2D eigenvalue weighted by Gasteiger charge is 2.17. The Labute approximate surface area is 171 Å². The molecule has 142 valence electrons. The number of nitro benzene ring substituents is 1. The molecule has 0 atom stereocenters. The van der Waals surface area contributed by atoms with Gasteiger partial charge in [0.2, 0.25) is 0 Å². The summed E-state index contributed by atoms with van der Waals surface area (Å²) in [6, 6.07) is 18.9. The molecule has 0 fully saturated rings. The van der Waals surface area contributed by atoms with Crippen LogP contribution in [0.3, 0.4) is 0 Å². The molecule has 0 amide bonds. The molecule has 0 aliphatic carbocycles. The van der Waals surface area contributed by atoms with Crippen molar-refractivity contribution in [2.45, 2.75) is 23.3 Å². The predicted molar refractivity (Wildman–Crippen MR) is 109 cm³/mol. The number of nitrogens with zero attached hydrogens (tertiary/aromatic N) is 1. The van der Waals surface area contributed by atoms with Gasteiger partial charge in [-0.15, -0.1) is 0 Å². The number of carbonyl (C=O) groups is 1. The number of ether oxygens (including phenoxy) is 1. The maximum atomic E-state index is 12.2. The molecule has 0 spiro atoms. The van der Waals surface area contributed by atoms with Gasteiger partial charge in [0.05, 0.1) is 15.4 Å². The van der Waals surface area contributed by atoms with Crippen LogP contribution >= 0.6 is 23.4 Å². The highest BCUT2D eigenvalue weighted by molar-refractivity contribution is 7.99. The summed E-state index contributed by atoms with van der Waals surface area (Å²) in [5.74, 6) is -0.467. The maximum absolute atomic E-state index is 12.2. The third-order valence-electron chi connectivity index (χ3n) is 3.89. The number of rotatable bonds is 6. The van der Waals surface area contributed by atoms with Crippen molar-refractivity contribution < 1.29 is 14.5 Å². The average Bonchev–Trinajstić information content (AvgIpc) is 2.68. The minimum atomic E-state index is -0.467. The first-order chi connectivity index (χ1) is 13.4. The lowest BCUT2D eigenvalue weighted by Gasteiger charge is -2.08. The Kier molecular flexibility index (Phi) is 6.34. The summed E-state index contributed by atoms with van der Waals surface area (Å²) < 4.78 is 5.29. The van der Waals surface area contributed by atoms with Gasteiger partial charge in [0.1, 0.15) is 6.61 Å². The van der Waals surface area contributed by atoms with Gasteiger partial charge in [-0.05, 0) is 55.0 Å². The smallest absolute Gasteiger partial charge is 0.338 e. The summed E-state index contributed by atoms with van der Waals surface area (Å²) in [5.41, 5.74) is 1.91. The normalized spacial score (nSPS) is 10.5. The number of nitro groups is 1. The van der Waals surface area contributed by atoms with Crippen molar-refractivity contribution in [3.8, 4) is 0 Å². The van der Waals surface area contributed by atoms with Gasteiger partial charge in [-0.25, -0.2) is 4.79 Å². The standard InChI is InChI=1S/C21H16ClNO4S/c1-14-3-2-4-16(11-14)21(24)27-13-15-5-10-20(19(12-15)23(25)26)28-18-8-6-17(22)7-9-18/h2-12H,13H2,1H3. The van der Waals surface area contributed by atoms with Crippen LogP contribution in [0.2, 0.25) is 5.02 Å². The van der Waals surface area contributed by atoms with E-state index in [1.54, 1.807) is 54.6 Å². The molecule has 28 heavy (non-hydrogen) atoms. The summed E-state index contributed by atoms with van der Waals surface area (Å²) in [7, 11) is 0. The summed E-state index contributed by atoms with van der Waals surface area (Å²) >= 11 is 7.15. The Bertz CT molecular complexity index is 1020. The quantitative estimate of drug-likeness (QED) is 0.279. The molecule has 0 N–H and O–H groups in total. The fourth-order valence-electron chi connectivity index (χ4n) is 2.52. The molecule has 0 aliphatic heterocycles. The van der Waals surface area contributed by atoms with E-state index in [-0.39, 0.29) is 12.3 Å². The molecule has 3 aromatic rings. The van der Waals surface area contributed by atoms with E-state index >= 15 is 0 Å². The first-order valence-corrected chi connectivity index (χ1v) is 9.56. The van der Waals surface area contributed by atoms with Gasteiger partial charge in [0.15, 0.2) is 0 Å². The SMILES string of the molecule is Cc1cccc(C(=O)OCc2ccc(Sc3ccc(Cl)cc3)c([N+](=O)[O-])c2)c1. The van der Waals surface area contributed by atoms with Crippen molar-refractivity contribution in [2.24, 2.45) is 0 Å². The molecule has 0 radical (unpaired) electrons. The predicted octanol–water partition coefficient (Wildman–Crippen LogP) is 6.06. The molecular weight excluding hydrogens is 398 g/mol. The third kappa shape index (κ3) is 5.12. The van der Waals surface area contributed by atoms with Crippen LogP contribution in [0.15, 0.2) is 76.5 Å². The molecule has 7 heteroatoms. The summed E-state index contributed by atoms with van der Waals surface area (Å²) in [4.78, 5) is 24.5. The molecule has 0 aromatic heterocycles. The number of hydrogen-bond acceptors (Lipinski definition) is 5. The number of halogens is 1. The van der Waals surface area contributed by atoms with Gasteiger partial charge < -0.3 is 4.74 Å². The zero-order valence-corrected chi connectivity index (χ0v) is 16.5. The average molecular weight is 414 g/mol. The molecule has 3 aromatic carbocycles. The van der Waals surface area contributed by atoms with Crippen LogP contribution in [0.5, 0.6) is 0 Å². The van der Waals surface area contributed by atoms with E-state index in [0.717, 1.165) is 10.5 Å². The van der Waals surface area contributed by atoms with E-state index in [1.165, 1.54) is 17.8 Å². The van der Waals surface area contributed by atoms with Crippen molar-refractivity contribution in [2.75, 3.05) is 0 Å². The van der Waals surface area contributed by atoms with Crippen LogP contribution in [0.25, 0.3) is 0 Å². The maximum Gasteiger partial charge on any atom is 0.338 e. The van der Waals surface area contributed by atoms with Crippen LogP contribution in [0.1, 0.15) is 21.5 Å². The number of aryl methyl sites for hydroxylation is 1. The first-order valence-electron chi connectivity index (χ1n) is 8.37. The van der Waals surface area contributed by atoms with E-state index in [1.807, 2.05) is 13.0 Å². The fourth-order valence-corrected chi connectivity index (χ4v) is 3.54. The number of carbonyl (C=O) groups excluding carboxylic acids is 1. The van der Waals surface area contributed by atoms with Crippen molar-refractivity contribution in [1.82, 2.24) is 0 Å². The van der Waals surface area contributed by atoms with Gasteiger partial charge in [-0.3, -0.25) is 10.1 Å². The fraction of sp³-hybridized carbons (Fsp3) is 0.0952. The largest absolute Gasteiger partial charge is 0.457 e. The summed E-state index contributed by atoms with van der Waals surface area (Å²) in [6.07, 6.45) is 0. The summed E-state index contributed by atoms with van der Waals surface area (Å²) in [6.45, 7) is 1.84. The number of esters is 1. The Balaban J connectivity index is 1.74. The van der Waals surface area contributed by atoms with Crippen LogP contribution in [0.4, 0.5) is 5.69 Å². The van der Waals surface area contributed by atoms with E-state index in [9.17, 15) is 14.9 Å². The van der Waals surface area contributed by atoms with Crippen molar-refractivity contribution in [3.05, 3.63) is 98.6 Å². The zero-order valence-electron chi connectivity index (χ0n) is 14.9. The lowest BCUT2D eigenvalue weighted by atomic mass is 10.1. The lowest BCUT2D eigenvalue weighted by molar-refractivity contribution is -0.387. The molecule has 5 nitrogen and oxygen atoms in total. The van der Waals surface area contributed by atoms with E-state index in [4.69, 9.17) is 16.3 Å². The number of benzene rings is 3. The van der Waals surface area contributed by atoms with Gasteiger partial charge in [-0.1, -0.05) is 47.1 Å². The highest BCUT2D eigenvalue weighted by Crippen LogP contribution is 2.35. The Morgan fingerprint density at radius 3 is 2.54 bits per heavy atom. The molecule has 0 unspecified atom stereocenters. The summed E-state index contributed by atoms with van der Waals surface area (Å²) in [5, 5.41) is 12.1. The van der Waals surface area contributed by atoms with Gasteiger partial charge in [0.25, 0.3) is 5.69 Å². The van der Waals surface area contributed by atoms with E-state index in [2.05, 4.69) is 0 Å². The van der Waals surface area contributed by atoms with Gasteiger partial charge >= 0.3 is 5.97 Å². The van der Waals surface area contributed by atoms with Gasteiger partial charge in [0, 0.05) is 16.0 Å². The van der Waals surface area contributed by atoms with E-state index in [0.29, 0.717) is 21.0 Å². The minimum Gasteiger partial charge on any atom is -0.457 e. The monoisotopic (exact) mass is 413 g/mol. The van der Waals surface area contributed by atoms with Crippen LogP contribution < -0.4 is 0 Å². The lowest BCUT2D eigenvalue weighted by Crippen LogP contribution is -2.05. The molecular formula is C21H16ClNO4S. The first kappa shape index (κ1) is 19.9. The highest BCUT2D eigenvalue weighted by atomic mass is 35.5. The second kappa shape index (κ2) is 8.91. The molecule has 0 saturated heterocycles. The molecule has 0 saturated carbocycles. The Morgan fingerprint density at radius 2 is 1.86 bits per heavy atom. The van der Waals surface area contributed by atoms with E-state index < -0.39 is 10.9 Å². The second-order valence-electron chi connectivity index (χ2n) is 6.06. The third-order valence-corrected chi connectivity index (χ3v) is 5.21. The van der Waals surface area contributed by atoms with Crippen LogP contribution in [-0.2, 0) is 11.3 Å². The molecule has 3 rings (SSSR count). The second-order valence-corrected chi connectivity index (χ2v) is 7.61. The van der Waals surface area contributed by atoms with Crippen molar-refractivity contribution in [1.29, 1.82) is 0 Å². The van der Waals surface area contributed by atoms with Crippen molar-refractivity contribution in [3.63, 3.8) is 0 Å². The number of hydrogen-bond donors (Lipinski definition) is 0. The van der Waals surface area contributed by atoms with Crippen LogP contribution in [0, 0.1) is 17.0 Å². The van der Waals surface area contributed by atoms with Crippen molar-refractivity contribution >= 4 is 35.0 Å². The zero-order chi connectivity index (χ0) is 20.1. The van der Waals surface area contributed by atoms with Crippen LogP contribution in [-0.4, -0.2) is 10.9 Å². The molecule has 0 bridgehead atoms.